The molecule has 0 aliphatic rings. The zero-order valence-corrected chi connectivity index (χ0v) is 20.9. The Morgan fingerprint density at radius 2 is 1.42 bits per heavy atom. The summed E-state index contributed by atoms with van der Waals surface area (Å²) in [6.45, 7) is 0.815. The number of amides is 1. The van der Waals surface area contributed by atoms with Gasteiger partial charge in [0.1, 0.15) is 36.2 Å². The van der Waals surface area contributed by atoms with Crippen molar-refractivity contribution in [2.45, 2.75) is 13.2 Å². The van der Waals surface area contributed by atoms with Crippen molar-refractivity contribution < 1.29 is 19.0 Å². The van der Waals surface area contributed by atoms with Crippen molar-refractivity contribution in [3.63, 3.8) is 0 Å². The highest BCUT2D eigenvalue weighted by molar-refractivity contribution is 6.04. The van der Waals surface area contributed by atoms with Crippen LogP contribution in [0.2, 0.25) is 0 Å². The third-order valence-electron chi connectivity index (χ3n) is 5.89. The van der Waals surface area contributed by atoms with Gasteiger partial charge >= 0.3 is 0 Å². The molecule has 7 heteroatoms. The molecule has 0 aliphatic carbocycles. The molecule has 38 heavy (non-hydrogen) atoms. The van der Waals surface area contributed by atoms with Crippen LogP contribution in [-0.4, -0.2) is 23.2 Å². The molecular formula is C31H27N3O4. The summed E-state index contributed by atoms with van der Waals surface area (Å²) in [5.74, 6) is 1.51. The van der Waals surface area contributed by atoms with Gasteiger partial charge in [-0.3, -0.25) is 9.89 Å². The number of ether oxygens (including phenoxy) is 3. The first-order valence-corrected chi connectivity index (χ1v) is 12.2. The van der Waals surface area contributed by atoms with E-state index in [1.54, 1.807) is 25.3 Å². The number of carbonyl (C=O) groups is 1. The molecule has 190 valence electrons. The maximum atomic E-state index is 12.9. The van der Waals surface area contributed by atoms with Crippen LogP contribution in [0, 0.1) is 0 Å². The molecule has 1 aromatic heterocycles. The number of aromatic amines is 1. The SMILES string of the molecule is COc1ccccc1NC(=O)c1cc(-c2ccc(OCc3ccccc3)cc2OCc2ccccc2)n[nH]1. The molecule has 1 amide bonds. The van der Waals surface area contributed by atoms with Crippen molar-refractivity contribution in [2.75, 3.05) is 12.4 Å². The molecule has 0 aliphatic heterocycles. The van der Waals surface area contributed by atoms with Gasteiger partial charge < -0.3 is 19.5 Å². The smallest absolute Gasteiger partial charge is 0.273 e. The summed E-state index contributed by atoms with van der Waals surface area (Å²) in [6.07, 6.45) is 0. The third-order valence-corrected chi connectivity index (χ3v) is 5.89. The Balaban J connectivity index is 1.38. The number of hydrogen-bond donors (Lipinski definition) is 2. The zero-order valence-electron chi connectivity index (χ0n) is 20.9. The van der Waals surface area contributed by atoms with Crippen molar-refractivity contribution >= 4 is 11.6 Å². The van der Waals surface area contributed by atoms with Gasteiger partial charge in [0, 0.05) is 11.6 Å². The van der Waals surface area contributed by atoms with E-state index in [2.05, 4.69) is 15.5 Å². The van der Waals surface area contributed by atoms with E-state index in [9.17, 15) is 4.79 Å². The van der Waals surface area contributed by atoms with Crippen molar-refractivity contribution in [1.29, 1.82) is 0 Å². The highest BCUT2D eigenvalue weighted by atomic mass is 16.5. The number of rotatable bonds is 10. The van der Waals surface area contributed by atoms with E-state index in [1.165, 1.54) is 0 Å². The number of para-hydroxylation sites is 2. The van der Waals surface area contributed by atoms with Crippen LogP contribution in [0.1, 0.15) is 21.6 Å². The molecule has 4 aromatic carbocycles. The molecule has 0 unspecified atom stereocenters. The minimum atomic E-state index is -0.331. The molecule has 0 fully saturated rings. The summed E-state index contributed by atoms with van der Waals surface area (Å²) < 4.78 is 17.6. The number of anilines is 1. The first-order chi connectivity index (χ1) is 18.7. The van der Waals surface area contributed by atoms with Gasteiger partial charge in [0.25, 0.3) is 5.91 Å². The topological polar surface area (TPSA) is 85.5 Å². The van der Waals surface area contributed by atoms with Gasteiger partial charge in [0.15, 0.2) is 0 Å². The van der Waals surface area contributed by atoms with Crippen LogP contribution in [0.4, 0.5) is 5.69 Å². The largest absolute Gasteiger partial charge is 0.495 e. The van der Waals surface area contributed by atoms with Crippen LogP contribution in [0.25, 0.3) is 11.3 Å². The van der Waals surface area contributed by atoms with Gasteiger partial charge in [0.05, 0.1) is 18.5 Å². The Bertz CT molecular complexity index is 1500. The lowest BCUT2D eigenvalue weighted by molar-refractivity contribution is 0.102. The summed E-state index contributed by atoms with van der Waals surface area (Å²) >= 11 is 0. The lowest BCUT2D eigenvalue weighted by Crippen LogP contribution is -2.13. The van der Waals surface area contributed by atoms with Gasteiger partial charge in [0.2, 0.25) is 0 Å². The van der Waals surface area contributed by atoms with Gasteiger partial charge in [-0.15, -0.1) is 0 Å². The number of methoxy groups -OCH3 is 1. The van der Waals surface area contributed by atoms with E-state index in [4.69, 9.17) is 14.2 Å². The molecule has 1 heterocycles. The predicted octanol–water partition coefficient (Wildman–Crippen LogP) is 6.50. The number of nitrogens with zero attached hydrogens (tertiary/aromatic N) is 1. The molecule has 0 saturated heterocycles. The van der Waals surface area contributed by atoms with Crippen LogP contribution in [-0.2, 0) is 13.2 Å². The maximum Gasteiger partial charge on any atom is 0.273 e. The van der Waals surface area contributed by atoms with Gasteiger partial charge in [-0.25, -0.2) is 0 Å². The molecule has 0 atom stereocenters. The fourth-order valence-corrected chi connectivity index (χ4v) is 3.91. The lowest BCUT2D eigenvalue weighted by Gasteiger charge is -2.13. The molecule has 5 aromatic rings. The van der Waals surface area contributed by atoms with Gasteiger partial charge in [-0.05, 0) is 41.5 Å². The molecule has 0 bridgehead atoms. The average Bonchev–Trinajstić information content (AvgIpc) is 3.47. The first-order valence-electron chi connectivity index (χ1n) is 12.2. The van der Waals surface area contributed by atoms with Crippen molar-refractivity contribution in [2.24, 2.45) is 0 Å². The Labute approximate surface area is 221 Å². The highest BCUT2D eigenvalue weighted by Crippen LogP contribution is 2.34. The van der Waals surface area contributed by atoms with Gasteiger partial charge in [-0.1, -0.05) is 72.8 Å². The fraction of sp³-hybridized carbons (Fsp3) is 0.0968. The number of aromatic nitrogens is 2. The van der Waals surface area contributed by atoms with Crippen LogP contribution < -0.4 is 19.5 Å². The monoisotopic (exact) mass is 505 g/mol. The quantitative estimate of drug-likeness (QED) is 0.226. The predicted molar refractivity (Wildman–Crippen MR) is 147 cm³/mol. The second-order valence-electron chi connectivity index (χ2n) is 8.53. The zero-order chi connectivity index (χ0) is 26.2. The summed E-state index contributed by atoms with van der Waals surface area (Å²) in [4.78, 5) is 12.9. The summed E-state index contributed by atoms with van der Waals surface area (Å²) in [7, 11) is 1.56. The molecule has 5 rings (SSSR count). The molecule has 0 radical (unpaired) electrons. The third kappa shape index (κ3) is 6.02. The highest BCUT2D eigenvalue weighted by Gasteiger charge is 2.17. The minimum Gasteiger partial charge on any atom is -0.495 e. The van der Waals surface area contributed by atoms with Crippen LogP contribution in [0.15, 0.2) is 109 Å². The normalized spacial score (nSPS) is 10.6. The number of hydrogen-bond acceptors (Lipinski definition) is 5. The fourth-order valence-electron chi connectivity index (χ4n) is 3.91. The number of carbonyl (C=O) groups excluding carboxylic acids is 1. The van der Waals surface area contributed by atoms with E-state index in [0.29, 0.717) is 47.5 Å². The van der Waals surface area contributed by atoms with E-state index in [1.807, 2.05) is 91.0 Å². The van der Waals surface area contributed by atoms with Crippen molar-refractivity contribution in [1.82, 2.24) is 10.2 Å². The first kappa shape index (κ1) is 24.6. The Hall–Kier alpha value is -5.04. The van der Waals surface area contributed by atoms with Crippen LogP contribution in [0.5, 0.6) is 17.2 Å². The van der Waals surface area contributed by atoms with E-state index < -0.39 is 0 Å². The average molecular weight is 506 g/mol. The molecular weight excluding hydrogens is 478 g/mol. The van der Waals surface area contributed by atoms with Gasteiger partial charge in [-0.2, -0.15) is 5.10 Å². The maximum absolute atomic E-state index is 12.9. The molecule has 2 N–H and O–H groups in total. The standard InChI is InChI=1S/C31H27N3O4/c1-36-29-15-9-8-14-26(29)32-31(35)28-19-27(33-34-28)25-17-16-24(37-20-22-10-4-2-5-11-22)18-30(25)38-21-23-12-6-3-7-13-23/h2-19H,20-21H2,1H3,(H,32,35)(H,33,34). The number of H-pyrrole nitrogens is 1. The Morgan fingerprint density at radius 3 is 2.13 bits per heavy atom. The van der Waals surface area contributed by atoms with Crippen molar-refractivity contribution in [3.05, 3.63) is 126 Å². The Morgan fingerprint density at radius 1 is 0.763 bits per heavy atom. The van der Waals surface area contributed by atoms with Crippen molar-refractivity contribution in [3.8, 4) is 28.5 Å². The number of nitrogens with one attached hydrogen (secondary N) is 2. The minimum absolute atomic E-state index is 0.310. The second kappa shape index (κ2) is 11.8. The Kier molecular flexibility index (Phi) is 7.65. The molecule has 0 spiro atoms. The number of benzene rings is 4. The second-order valence-corrected chi connectivity index (χ2v) is 8.53. The lowest BCUT2D eigenvalue weighted by atomic mass is 10.1. The molecule has 0 saturated carbocycles. The van der Waals surface area contributed by atoms with E-state index >= 15 is 0 Å². The van der Waals surface area contributed by atoms with Crippen LogP contribution >= 0.6 is 0 Å². The van der Waals surface area contributed by atoms with E-state index in [0.717, 1.165) is 16.7 Å². The van der Waals surface area contributed by atoms with Crippen LogP contribution in [0.3, 0.4) is 0 Å². The summed E-state index contributed by atoms with van der Waals surface area (Å²) in [6, 6.07) is 34.4. The molecule has 7 nitrogen and oxygen atoms in total. The summed E-state index contributed by atoms with van der Waals surface area (Å²) in [5, 5.41) is 10.1. The summed E-state index contributed by atoms with van der Waals surface area (Å²) in [5.41, 5.74) is 4.30. The van der Waals surface area contributed by atoms with E-state index in [-0.39, 0.29) is 5.91 Å².